The minimum Gasteiger partial charge on any atom is -0.316 e. The van der Waals surface area contributed by atoms with Gasteiger partial charge in [-0.1, -0.05) is 19.8 Å². The van der Waals surface area contributed by atoms with E-state index < -0.39 is 0 Å². The maximum Gasteiger partial charge on any atom is 0.0235 e. The summed E-state index contributed by atoms with van der Waals surface area (Å²) >= 11 is 0. The van der Waals surface area contributed by atoms with Gasteiger partial charge >= 0.3 is 0 Å². The number of piperidine rings is 1. The first-order valence-electron chi connectivity index (χ1n) is 8.98. The van der Waals surface area contributed by atoms with Crippen LogP contribution in [0.15, 0.2) is 0 Å². The summed E-state index contributed by atoms with van der Waals surface area (Å²) in [5.74, 6) is 0. The van der Waals surface area contributed by atoms with Gasteiger partial charge in [-0.25, -0.2) is 0 Å². The van der Waals surface area contributed by atoms with Gasteiger partial charge in [0, 0.05) is 25.7 Å². The van der Waals surface area contributed by atoms with Crippen LogP contribution in [0.1, 0.15) is 51.9 Å². The first-order chi connectivity index (χ1) is 9.81. The van der Waals surface area contributed by atoms with Crippen LogP contribution in [0.4, 0.5) is 0 Å². The lowest BCUT2D eigenvalue weighted by atomic mass is 9.82. The van der Waals surface area contributed by atoms with Crippen molar-refractivity contribution in [1.82, 2.24) is 15.1 Å². The third kappa shape index (κ3) is 3.37. The zero-order valence-electron chi connectivity index (χ0n) is 13.4. The molecule has 3 saturated heterocycles. The molecule has 0 radical (unpaired) electrons. The van der Waals surface area contributed by atoms with Gasteiger partial charge in [-0.3, -0.25) is 4.90 Å². The van der Waals surface area contributed by atoms with Crippen molar-refractivity contribution in [2.45, 2.75) is 57.9 Å². The molecule has 0 saturated carbocycles. The Morgan fingerprint density at radius 2 is 2.00 bits per heavy atom. The van der Waals surface area contributed by atoms with Gasteiger partial charge in [-0.15, -0.1) is 0 Å². The molecule has 0 aromatic carbocycles. The molecule has 0 aromatic heterocycles. The monoisotopic (exact) mass is 279 g/mol. The van der Waals surface area contributed by atoms with Crippen molar-refractivity contribution in [3.8, 4) is 0 Å². The van der Waals surface area contributed by atoms with E-state index in [0.717, 1.165) is 6.04 Å². The molecule has 20 heavy (non-hydrogen) atoms. The van der Waals surface area contributed by atoms with Crippen LogP contribution >= 0.6 is 0 Å². The van der Waals surface area contributed by atoms with Crippen molar-refractivity contribution in [2.75, 3.05) is 45.8 Å². The second-order valence-electron chi connectivity index (χ2n) is 7.45. The molecule has 0 aromatic rings. The molecule has 2 unspecified atom stereocenters. The van der Waals surface area contributed by atoms with Crippen LogP contribution < -0.4 is 5.32 Å². The molecular formula is C17H33N3. The molecule has 3 aliphatic heterocycles. The molecule has 0 amide bonds. The van der Waals surface area contributed by atoms with E-state index in [1.807, 2.05) is 0 Å². The number of rotatable bonds is 5. The normalized spacial score (nSPS) is 36.8. The minimum atomic E-state index is 0.589. The van der Waals surface area contributed by atoms with E-state index in [1.165, 1.54) is 90.8 Å². The molecular weight excluding hydrogens is 246 g/mol. The molecule has 3 rings (SSSR count). The van der Waals surface area contributed by atoms with Crippen LogP contribution in [-0.4, -0.2) is 61.7 Å². The average molecular weight is 279 g/mol. The van der Waals surface area contributed by atoms with E-state index in [0.29, 0.717) is 5.41 Å². The first-order valence-corrected chi connectivity index (χ1v) is 8.98. The summed E-state index contributed by atoms with van der Waals surface area (Å²) in [6.45, 7) is 11.6. The van der Waals surface area contributed by atoms with Crippen molar-refractivity contribution in [2.24, 2.45) is 5.41 Å². The Balaban J connectivity index is 1.51. The second kappa shape index (κ2) is 6.76. The Kier molecular flexibility index (Phi) is 5.00. The lowest BCUT2D eigenvalue weighted by Gasteiger charge is -2.35. The van der Waals surface area contributed by atoms with Gasteiger partial charge in [0.25, 0.3) is 0 Å². The number of likely N-dealkylation sites (tertiary alicyclic amines) is 2. The Morgan fingerprint density at radius 3 is 2.70 bits per heavy atom. The first kappa shape index (κ1) is 14.8. The largest absolute Gasteiger partial charge is 0.316 e. The number of nitrogens with one attached hydrogen (secondary N) is 1. The summed E-state index contributed by atoms with van der Waals surface area (Å²) < 4.78 is 0. The molecule has 3 heteroatoms. The molecule has 0 aliphatic carbocycles. The molecule has 1 N–H and O–H groups in total. The van der Waals surface area contributed by atoms with Crippen molar-refractivity contribution in [3.05, 3.63) is 0 Å². The van der Waals surface area contributed by atoms with E-state index in [-0.39, 0.29) is 0 Å². The molecule has 3 heterocycles. The molecule has 2 atom stereocenters. The Hall–Kier alpha value is -0.120. The lowest BCUT2D eigenvalue weighted by Crippen LogP contribution is -2.43. The lowest BCUT2D eigenvalue weighted by molar-refractivity contribution is 0.140. The summed E-state index contributed by atoms with van der Waals surface area (Å²) in [4.78, 5) is 5.56. The molecule has 3 fully saturated rings. The molecule has 0 spiro atoms. The van der Waals surface area contributed by atoms with Crippen molar-refractivity contribution >= 4 is 0 Å². The molecule has 116 valence electrons. The van der Waals surface area contributed by atoms with Crippen LogP contribution in [-0.2, 0) is 0 Å². The number of hydrogen-bond donors (Lipinski definition) is 1. The fourth-order valence-corrected chi connectivity index (χ4v) is 4.76. The van der Waals surface area contributed by atoms with Gasteiger partial charge in [0.05, 0.1) is 0 Å². The standard InChI is InChI=1S/C17H33N3/c1-2-7-17(8-9-18-14-17)15-19-12-6-16(13-19)20-10-4-3-5-11-20/h16,18H,2-15H2,1H3. The highest BCUT2D eigenvalue weighted by atomic mass is 15.3. The zero-order valence-corrected chi connectivity index (χ0v) is 13.4. The predicted molar refractivity (Wildman–Crippen MR) is 85.1 cm³/mol. The molecule has 0 bridgehead atoms. The summed E-state index contributed by atoms with van der Waals surface area (Å²) in [5, 5.41) is 3.61. The van der Waals surface area contributed by atoms with E-state index in [2.05, 4.69) is 22.0 Å². The van der Waals surface area contributed by atoms with Crippen LogP contribution in [0.5, 0.6) is 0 Å². The number of nitrogens with zero attached hydrogens (tertiary/aromatic N) is 2. The summed E-state index contributed by atoms with van der Waals surface area (Å²) in [6, 6.07) is 0.864. The third-order valence-electron chi connectivity index (χ3n) is 5.83. The average Bonchev–Trinajstić information content (AvgIpc) is 3.11. The van der Waals surface area contributed by atoms with Crippen molar-refractivity contribution in [1.29, 1.82) is 0 Å². The number of hydrogen-bond acceptors (Lipinski definition) is 3. The zero-order chi connectivity index (χ0) is 13.8. The van der Waals surface area contributed by atoms with E-state index >= 15 is 0 Å². The third-order valence-corrected chi connectivity index (χ3v) is 5.83. The highest BCUT2D eigenvalue weighted by molar-refractivity contribution is 4.93. The van der Waals surface area contributed by atoms with Gasteiger partial charge in [0.2, 0.25) is 0 Å². The summed E-state index contributed by atoms with van der Waals surface area (Å²) in [6.07, 6.45) is 9.87. The van der Waals surface area contributed by atoms with E-state index in [1.54, 1.807) is 0 Å². The van der Waals surface area contributed by atoms with E-state index in [4.69, 9.17) is 0 Å². The van der Waals surface area contributed by atoms with Gasteiger partial charge in [-0.2, -0.15) is 0 Å². The fraction of sp³-hybridized carbons (Fsp3) is 1.00. The van der Waals surface area contributed by atoms with Crippen molar-refractivity contribution < 1.29 is 0 Å². The topological polar surface area (TPSA) is 18.5 Å². The van der Waals surface area contributed by atoms with Crippen molar-refractivity contribution in [3.63, 3.8) is 0 Å². The van der Waals surface area contributed by atoms with Gasteiger partial charge in [-0.05, 0) is 63.7 Å². The smallest absolute Gasteiger partial charge is 0.0235 e. The second-order valence-corrected chi connectivity index (χ2v) is 7.45. The maximum absolute atomic E-state index is 3.61. The van der Waals surface area contributed by atoms with Crippen LogP contribution in [0.2, 0.25) is 0 Å². The summed E-state index contributed by atoms with van der Waals surface area (Å²) in [5.41, 5.74) is 0.589. The van der Waals surface area contributed by atoms with Gasteiger partial charge < -0.3 is 10.2 Å². The Morgan fingerprint density at radius 1 is 1.15 bits per heavy atom. The predicted octanol–water partition coefficient (Wildman–Crippen LogP) is 2.33. The highest BCUT2D eigenvalue weighted by Crippen LogP contribution is 2.33. The van der Waals surface area contributed by atoms with E-state index in [9.17, 15) is 0 Å². The Labute approximate surface area is 125 Å². The minimum absolute atomic E-state index is 0.589. The SMILES string of the molecule is CCCC1(CN2CCC(N3CCCCC3)C2)CCNC1. The van der Waals surface area contributed by atoms with Crippen LogP contribution in [0, 0.1) is 5.41 Å². The fourth-order valence-electron chi connectivity index (χ4n) is 4.76. The maximum atomic E-state index is 3.61. The molecule has 3 nitrogen and oxygen atoms in total. The van der Waals surface area contributed by atoms with Gasteiger partial charge in [0.1, 0.15) is 0 Å². The molecule has 3 aliphatic rings. The Bertz CT molecular complexity index is 293. The van der Waals surface area contributed by atoms with Crippen LogP contribution in [0.25, 0.3) is 0 Å². The van der Waals surface area contributed by atoms with Gasteiger partial charge in [0.15, 0.2) is 0 Å². The highest BCUT2D eigenvalue weighted by Gasteiger charge is 2.37. The quantitative estimate of drug-likeness (QED) is 0.833. The summed E-state index contributed by atoms with van der Waals surface area (Å²) in [7, 11) is 0. The van der Waals surface area contributed by atoms with Crippen LogP contribution in [0.3, 0.4) is 0 Å².